The summed E-state index contributed by atoms with van der Waals surface area (Å²) >= 11 is 0. The second-order valence-electron chi connectivity index (χ2n) is 9.73. The number of amides is 3. The molecule has 8 N–H and O–H groups in total. The van der Waals surface area contributed by atoms with Gasteiger partial charge in [0.05, 0.1) is 12.7 Å². The molecule has 0 aliphatic rings. The first-order valence-electron chi connectivity index (χ1n) is 13.8. The van der Waals surface area contributed by atoms with E-state index >= 15 is 0 Å². The minimum absolute atomic E-state index is 0.0802. The first kappa shape index (κ1) is 37.3. The van der Waals surface area contributed by atoms with E-state index in [2.05, 4.69) is 26.5 Å². The Labute approximate surface area is 267 Å². The number of alkyl halides is 3. The molecular weight excluding hydrogens is 627 g/mol. The fourth-order valence-corrected chi connectivity index (χ4v) is 3.62. The standard InChI is InChI=1S/C28H33N7O5.C2HF3O2/c1-5-39-23-14-19(8-11-22(23)40-16(2)3)25(33-21-9-6-18(7-10-21)26(29)30)28(38)35-34-27(37)20-12-13-31-24(15-20)32-17(4)36;3-2(4,5)1(6)7/h6-16,25,33H,5H2,1-4H3,(H3,29,30)(H,34,37)(H,35,38)(H,31,32,36);(H,6,7). The highest BCUT2D eigenvalue weighted by atomic mass is 19.4. The molecular formula is C30H34F3N7O7. The zero-order valence-electron chi connectivity index (χ0n) is 25.7. The largest absolute Gasteiger partial charge is 0.490 e. The number of carboxylic acids is 1. The molecule has 1 atom stereocenters. The Morgan fingerprint density at radius 1 is 0.979 bits per heavy atom. The van der Waals surface area contributed by atoms with E-state index in [0.29, 0.717) is 34.9 Å². The van der Waals surface area contributed by atoms with Gasteiger partial charge in [0.1, 0.15) is 17.7 Å². The fourth-order valence-electron chi connectivity index (χ4n) is 3.62. The lowest BCUT2D eigenvalue weighted by atomic mass is 10.0. The van der Waals surface area contributed by atoms with Crippen LogP contribution in [0.1, 0.15) is 55.2 Å². The molecule has 0 aliphatic heterocycles. The number of ether oxygens (including phenoxy) is 2. The number of anilines is 2. The molecule has 3 amide bonds. The summed E-state index contributed by atoms with van der Waals surface area (Å²) in [6.45, 7) is 7.36. The van der Waals surface area contributed by atoms with Crippen molar-refractivity contribution in [1.82, 2.24) is 15.8 Å². The molecule has 1 heterocycles. The van der Waals surface area contributed by atoms with Gasteiger partial charge in [-0.2, -0.15) is 13.2 Å². The smallest absolute Gasteiger partial charge is 0.490 e. The lowest BCUT2D eigenvalue weighted by molar-refractivity contribution is -0.192. The van der Waals surface area contributed by atoms with Gasteiger partial charge in [-0.15, -0.1) is 0 Å². The number of carbonyl (C=O) groups is 4. The van der Waals surface area contributed by atoms with Crippen LogP contribution in [0.25, 0.3) is 0 Å². The minimum Gasteiger partial charge on any atom is -0.490 e. The summed E-state index contributed by atoms with van der Waals surface area (Å²) in [5, 5.41) is 20.4. The van der Waals surface area contributed by atoms with E-state index in [-0.39, 0.29) is 29.2 Å². The summed E-state index contributed by atoms with van der Waals surface area (Å²) in [5.41, 5.74) is 12.2. The predicted molar refractivity (Wildman–Crippen MR) is 165 cm³/mol. The van der Waals surface area contributed by atoms with Crippen molar-refractivity contribution in [3.63, 3.8) is 0 Å². The highest BCUT2D eigenvalue weighted by Gasteiger charge is 2.38. The summed E-state index contributed by atoms with van der Waals surface area (Å²) in [7, 11) is 0. The first-order chi connectivity index (χ1) is 22.0. The van der Waals surface area contributed by atoms with Crippen molar-refractivity contribution in [2.24, 2.45) is 5.73 Å². The van der Waals surface area contributed by atoms with Crippen molar-refractivity contribution < 1.29 is 46.9 Å². The van der Waals surface area contributed by atoms with Gasteiger partial charge in [-0.1, -0.05) is 6.07 Å². The number of carboxylic acid groups (broad SMARTS) is 1. The zero-order chi connectivity index (χ0) is 35.3. The number of amidine groups is 1. The number of aromatic nitrogens is 1. The highest BCUT2D eigenvalue weighted by Crippen LogP contribution is 2.33. The van der Waals surface area contributed by atoms with Gasteiger partial charge in [0.15, 0.2) is 11.5 Å². The minimum atomic E-state index is -5.08. The maximum Gasteiger partial charge on any atom is 0.490 e. The molecule has 0 saturated carbocycles. The van der Waals surface area contributed by atoms with E-state index < -0.39 is 30.0 Å². The number of hydrazine groups is 1. The van der Waals surface area contributed by atoms with Crippen LogP contribution in [-0.2, 0) is 14.4 Å². The third-order valence-corrected chi connectivity index (χ3v) is 5.60. The molecule has 17 heteroatoms. The predicted octanol–water partition coefficient (Wildman–Crippen LogP) is 3.76. The SMILES string of the molecule is CCOc1cc(C(Nc2ccc(C(=N)N)cc2)C(=O)NNC(=O)c2ccnc(NC(C)=O)c2)ccc1OC(C)C.O=C(O)C(F)(F)F. The Hall–Kier alpha value is -5.87. The molecule has 0 fully saturated rings. The average molecular weight is 662 g/mol. The van der Waals surface area contributed by atoms with Crippen LogP contribution < -0.4 is 36.7 Å². The normalized spacial score (nSPS) is 11.2. The van der Waals surface area contributed by atoms with Crippen molar-refractivity contribution >= 4 is 41.0 Å². The van der Waals surface area contributed by atoms with Crippen molar-refractivity contribution in [1.29, 1.82) is 5.41 Å². The number of hydrogen-bond donors (Lipinski definition) is 7. The number of rotatable bonds is 11. The molecule has 252 valence electrons. The van der Waals surface area contributed by atoms with Crippen molar-refractivity contribution in [3.8, 4) is 11.5 Å². The fraction of sp³-hybridized carbons (Fsp3) is 0.267. The molecule has 0 spiro atoms. The number of nitrogens with one attached hydrogen (secondary N) is 5. The third kappa shape index (κ3) is 12.2. The summed E-state index contributed by atoms with van der Waals surface area (Å²) < 4.78 is 43.3. The lowest BCUT2D eigenvalue weighted by Gasteiger charge is -2.22. The van der Waals surface area contributed by atoms with Gasteiger partial charge in [-0.05, 0) is 74.9 Å². The Balaban J connectivity index is 0.000000984. The van der Waals surface area contributed by atoms with E-state index in [1.54, 1.807) is 42.5 Å². The van der Waals surface area contributed by atoms with Crippen molar-refractivity contribution in [2.45, 2.75) is 46.0 Å². The third-order valence-electron chi connectivity index (χ3n) is 5.60. The second-order valence-corrected chi connectivity index (χ2v) is 9.73. The molecule has 2 aromatic carbocycles. The monoisotopic (exact) mass is 661 g/mol. The number of carbonyl (C=O) groups excluding carboxylic acids is 3. The molecule has 0 saturated heterocycles. The van der Waals surface area contributed by atoms with Gasteiger partial charge in [-0.3, -0.25) is 30.6 Å². The van der Waals surface area contributed by atoms with Gasteiger partial charge in [0.2, 0.25) is 5.91 Å². The Morgan fingerprint density at radius 3 is 2.15 bits per heavy atom. The highest BCUT2D eigenvalue weighted by molar-refractivity contribution is 5.98. The number of pyridine rings is 1. The van der Waals surface area contributed by atoms with Crippen LogP contribution in [0.4, 0.5) is 24.7 Å². The number of nitrogens with two attached hydrogens (primary N) is 1. The number of nitrogen functional groups attached to an aromatic ring is 1. The first-order valence-corrected chi connectivity index (χ1v) is 13.8. The quantitative estimate of drug-likeness (QED) is 0.0897. The number of hydrogen-bond acceptors (Lipinski definition) is 9. The van der Waals surface area contributed by atoms with E-state index in [1.165, 1.54) is 25.3 Å². The van der Waals surface area contributed by atoms with Crippen LogP contribution in [-0.4, -0.2) is 58.5 Å². The molecule has 3 rings (SSSR count). The molecule has 1 unspecified atom stereocenters. The van der Waals surface area contributed by atoms with Crippen LogP contribution >= 0.6 is 0 Å². The van der Waals surface area contributed by atoms with Gasteiger partial charge in [0, 0.05) is 29.9 Å². The van der Waals surface area contributed by atoms with E-state index in [0.717, 1.165) is 0 Å². The maximum absolute atomic E-state index is 13.4. The summed E-state index contributed by atoms with van der Waals surface area (Å²) in [5.74, 6) is -3.15. The molecule has 0 aliphatic carbocycles. The van der Waals surface area contributed by atoms with Crippen LogP contribution in [0.5, 0.6) is 11.5 Å². The molecule has 47 heavy (non-hydrogen) atoms. The molecule has 3 aromatic rings. The van der Waals surface area contributed by atoms with E-state index in [1.807, 2.05) is 20.8 Å². The van der Waals surface area contributed by atoms with E-state index in [9.17, 15) is 27.6 Å². The van der Waals surface area contributed by atoms with Crippen molar-refractivity contribution in [3.05, 3.63) is 77.5 Å². The number of aliphatic carboxylic acids is 1. The van der Waals surface area contributed by atoms with Gasteiger partial charge < -0.3 is 30.9 Å². The topological polar surface area (TPSA) is 218 Å². The molecule has 0 radical (unpaired) electrons. The van der Waals surface area contributed by atoms with Gasteiger partial charge in [0.25, 0.3) is 11.8 Å². The van der Waals surface area contributed by atoms with Crippen LogP contribution in [0.3, 0.4) is 0 Å². The zero-order valence-corrected chi connectivity index (χ0v) is 25.7. The Kier molecular flexibility index (Phi) is 13.5. The number of halogens is 3. The van der Waals surface area contributed by atoms with Gasteiger partial charge >= 0.3 is 12.1 Å². The van der Waals surface area contributed by atoms with Crippen LogP contribution in [0, 0.1) is 5.41 Å². The van der Waals surface area contributed by atoms with Gasteiger partial charge in [-0.25, -0.2) is 9.78 Å². The lowest BCUT2D eigenvalue weighted by Crippen LogP contribution is -2.45. The second kappa shape index (κ2) is 17.0. The van der Waals surface area contributed by atoms with Crippen LogP contribution in [0.15, 0.2) is 60.8 Å². The summed E-state index contributed by atoms with van der Waals surface area (Å²) in [6.07, 6.45) is -3.80. The molecule has 1 aromatic heterocycles. The van der Waals surface area contributed by atoms with Crippen LogP contribution in [0.2, 0.25) is 0 Å². The summed E-state index contributed by atoms with van der Waals surface area (Å²) in [4.78, 5) is 50.3. The maximum atomic E-state index is 13.4. The Morgan fingerprint density at radius 2 is 1.62 bits per heavy atom. The van der Waals surface area contributed by atoms with Crippen molar-refractivity contribution in [2.75, 3.05) is 17.2 Å². The number of benzene rings is 2. The average Bonchev–Trinajstić information content (AvgIpc) is 2.99. The number of nitrogens with zero attached hydrogens (tertiary/aromatic N) is 1. The Bertz CT molecular complexity index is 1580. The molecule has 0 bridgehead atoms. The van der Waals surface area contributed by atoms with E-state index in [4.69, 9.17) is 30.5 Å². The molecule has 14 nitrogen and oxygen atoms in total. The summed E-state index contributed by atoms with van der Waals surface area (Å²) in [6, 6.07) is 13.7.